The predicted molar refractivity (Wildman–Crippen MR) is 109 cm³/mol. The number of unbranched alkanes of at least 4 members (excludes halogenated alkanes) is 1. The zero-order valence-corrected chi connectivity index (χ0v) is 16.5. The third-order valence-electron chi connectivity index (χ3n) is 4.81. The number of aromatic nitrogens is 2. The second kappa shape index (κ2) is 10.8. The number of carbonyl (C=O) groups is 1. The van der Waals surface area contributed by atoms with Crippen molar-refractivity contribution in [3.63, 3.8) is 0 Å². The summed E-state index contributed by atoms with van der Waals surface area (Å²) in [6, 6.07) is 8.69. The fraction of sp³-hybridized carbons (Fsp3) is 0.474. The highest BCUT2D eigenvalue weighted by Gasteiger charge is 2.17. The Morgan fingerprint density at radius 2 is 2.07 bits per heavy atom. The van der Waals surface area contributed by atoms with Gasteiger partial charge in [0.05, 0.1) is 11.0 Å². The molecule has 1 aromatic carbocycles. The lowest BCUT2D eigenvalue weighted by Crippen LogP contribution is -2.32. The summed E-state index contributed by atoms with van der Waals surface area (Å²) in [5, 5.41) is 21.3. The number of nitro groups is 1. The minimum Gasteiger partial charge on any atom is -0.351 e. The van der Waals surface area contributed by atoms with E-state index in [1.165, 1.54) is 12.1 Å². The van der Waals surface area contributed by atoms with Crippen LogP contribution in [-0.4, -0.2) is 40.2 Å². The lowest BCUT2D eigenvalue weighted by Gasteiger charge is -2.22. The molecule has 1 amide bonds. The van der Waals surface area contributed by atoms with Crippen molar-refractivity contribution in [2.75, 3.05) is 19.6 Å². The van der Waals surface area contributed by atoms with Gasteiger partial charge in [-0.3, -0.25) is 19.6 Å². The van der Waals surface area contributed by atoms with Gasteiger partial charge in [0.25, 0.3) is 11.6 Å². The van der Waals surface area contributed by atoms with E-state index in [0.717, 1.165) is 50.8 Å². The molecule has 2 aromatic rings. The number of hydrogen-bond donors (Lipinski definition) is 2. The third-order valence-corrected chi connectivity index (χ3v) is 4.81. The molecule has 152 valence electrons. The molecule has 0 radical (unpaired) electrons. The van der Waals surface area contributed by atoms with Crippen LogP contribution in [0.25, 0.3) is 0 Å². The molecule has 28 heavy (non-hydrogen) atoms. The van der Waals surface area contributed by atoms with E-state index in [-0.39, 0.29) is 24.0 Å². The lowest BCUT2D eigenvalue weighted by atomic mass is 10.1. The van der Waals surface area contributed by atoms with Crippen LogP contribution in [0.5, 0.6) is 0 Å². The van der Waals surface area contributed by atoms with Gasteiger partial charge >= 0.3 is 0 Å². The van der Waals surface area contributed by atoms with Crippen molar-refractivity contribution in [3.8, 4) is 0 Å². The first kappa shape index (κ1) is 21.8. The lowest BCUT2D eigenvalue weighted by molar-refractivity contribution is -0.384. The van der Waals surface area contributed by atoms with E-state index in [4.69, 9.17) is 0 Å². The molecule has 8 nitrogen and oxygen atoms in total. The minimum absolute atomic E-state index is 0. The van der Waals surface area contributed by atoms with E-state index in [0.29, 0.717) is 18.3 Å². The van der Waals surface area contributed by atoms with Crippen LogP contribution in [0.3, 0.4) is 0 Å². The summed E-state index contributed by atoms with van der Waals surface area (Å²) in [5.41, 5.74) is 1.62. The molecular formula is C19H26ClN5O3. The summed E-state index contributed by atoms with van der Waals surface area (Å²) in [6.45, 7) is 2.53. The maximum Gasteiger partial charge on any atom is 0.271 e. The normalized spacial score (nSPS) is 16.2. The number of benzene rings is 1. The number of nitro benzene ring substituents is 1. The van der Waals surface area contributed by atoms with Crippen molar-refractivity contribution in [2.45, 2.75) is 38.1 Å². The zero-order chi connectivity index (χ0) is 19.1. The maximum absolute atomic E-state index is 12.2. The topological polar surface area (TPSA) is 102 Å². The quantitative estimate of drug-likeness (QED) is 0.398. The van der Waals surface area contributed by atoms with Gasteiger partial charge in [-0.2, -0.15) is 5.10 Å². The van der Waals surface area contributed by atoms with Crippen molar-refractivity contribution in [3.05, 3.63) is 57.9 Å². The monoisotopic (exact) mass is 407 g/mol. The Hall–Kier alpha value is -2.45. The van der Waals surface area contributed by atoms with Crippen LogP contribution in [0.1, 0.15) is 47.8 Å². The summed E-state index contributed by atoms with van der Waals surface area (Å²) in [7, 11) is 0. The highest BCUT2D eigenvalue weighted by molar-refractivity contribution is 5.92. The molecule has 1 unspecified atom stereocenters. The zero-order valence-electron chi connectivity index (χ0n) is 15.7. The van der Waals surface area contributed by atoms with E-state index in [1.807, 2.05) is 10.9 Å². The van der Waals surface area contributed by atoms with Gasteiger partial charge in [0, 0.05) is 31.4 Å². The summed E-state index contributed by atoms with van der Waals surface area (Å²) < 4.78 is 1.88. The van der Waals surface area contributed by atoms with E-state index < -0.39 is 4.92 Å². The highest BCUT2D eigenvalue weighted by atomic mass is 35.5. The molecule has 9 heteroatoms. The number of amides is 1. The van der Waals surface area contributed by atoms with Crippen molar-refractivity contribution in [2.24, 2.45) is 0 Å². The molecule has 1 atom stereocenters. The Labute approximate surface area is 170 Å². The highest BCUT2D eigenvalue weighted by Crippen LogP contribution is 2.16. The molecule has 3 rings (SSSR count). The largest absolute Gasteiger partial charge is 0.351 e. The van der Waals surface area contributed by atoms with Crippen molar-refractivity contribution >= 4 is 24.0 Å². The van der Waals surface area contributed by atoms with Crippen LogP contribution in [0.4, 0.5) is 5.69 Å². The number of carbonyl (C=O) groups excluding carboxylic acids is 1. The number of rotatable bonds is 8. The van der Waals surface area contributed by atoms with E-state index in [9.17, 15) is 14.9 Å². The predicted octanol–water partition coefficient (Wildman–Crippen LogP) is 2.89. The van der Waals surface area contributed by atoms with Gasteiger partial charge in [0.1, 0.15) is 5.69 Å². The summed E-state index contributed by atoms with van der Waals surface area (Å²) in [6.07, 6.45) is 6.66. The van der Waals surface area contributed by atoms with E-state index >= 15 is 0 Å². The number of nitrogens with zero attached hydrogens (tertiary/aromatic N) is 3. The fourth-order valence-electron chi connectivity index (χ4n) is 3.25. The second-order valence-electron chi connectivity index (χ2n) is 6.82. The van der Waals surface area contributed by atoms with Crippen molar-refractivity contribution < 1.29 is 9.72 Å². The van der Waals surface area contributed by atoms with E-state index in [1.54, 1.807) is 18.2 Å². The van der Waals surface area contributed by atoms with Gasteiger partial charge in [-0.25, -0.2) is 0 Å². The van der Waals surface area contributed by atoms with Crippen LogP contribution in [0.15, 0.2) is 36.5 Å². The number of aryl methyl sites for hydroxylation is 1. The smallest absolute Gasteiger partial charge is 0.271 e. The molecule has 0 aliphatic carbocycles. The summed E-state index contributed by atoms with van der Waals surface area (Å²) >= 11 is 0. The first-order valence-electron chi connectivity index (χ1n) is 9.41. The fourth-order valence-corrected chi connectivity index (χ4v) is 3.25. The first-order valence-corrected chi connectivity index (χ1v) is 9.41. The van der Waals surface area contributed by atoms with Gasteiger partial charge in [0.15, 0.2) is 0 Å². The van der Waals surface area contributed by atoms with Crippen LogP contribution >= 0.6 is 12.4 Å². The summed E-state index contributed by atoms with van der Waals surface area (Å²) in [5.74, 6) is -0.146. The Kier molecular flexibility index (Phi) is 8.41. The molecule has 1 fully saturated rings. The number of nitrogens with one attached hydrogen (secondary N) is 2. The third kappa shape index (κ3) is 6.03. The molecule has 2 N–H and O–H groups in total. The van der Waals surface area contributed by atoms with Gasteiger partial charge < -0.3 is 10.6 Å². The molecule has 1 aromatic heterocycles. The Balaban J connectivity index is 0.00000280. The Morgan fingerprint density at radius 3 is 2.75 bits per heavy atom. The Bertz CT molecular complexity index is 772. The summed E-state index contributed by atoms with van der Waals surface area (Å²) in [4.78, 5) is 22.5. The second-order valence-corrected chi connectivity index (χ2v) is 6.82. The number of non-ortho nitro benzene ring substituents is 1. The molecule has 0 saturated carbocycles. The van der Waals surface area contributed by atoms with Gasteiger partial charge in [0.2, 0.25) is 0 Å². The van der Waals surface area contributed by atoms with Crippen LogP contribution in [-0.2, 0) is 6.42 Å². The van der Waals surface area contributed by atoms with Crippen molar-refractivity contribution in [1.82, 2.24) is 20.4 Å². The molecule has 0 bridgehead atoms. The molecule has 2 heterocycles. The Morgan fingerprint density at radius 1 is 1.29 bits per heavy atom. The van der Waals surface area contributed by atoms with Crippen molar-refractivity contribution in [1.29, 1.82) is 0 Å². The molecule has 0 spiro atoms. The average Bonchev–Trinajstić information content (AvgIpc) is 3.19. The van der Waals surface area contributed by atoms with Gasteiger partial charge in [-0.1, -0.05) is 12.1 Å². The maximum atomic E-state index is 12.2. The average molecular weight is 408 g/mol. The molecule has 1 aliphatic rings. The van der Waals surface area contributed by atoms with Gasteiger partial charge in [-0.15, -0.1) is 12.4 Å². The first-order chi connectivity index (χ1) is 13.1. The van der Waals surface area contributed by atoms with Gasteiger partial charge in [-0.05, 0) is 50.3 Å². The van der Waals surface area contributed by atoms with Crippen LogP contribution in [0.2, 0.25) is 0 Å². The number of hydrogen-bond acceptors (Lipinski definition) is 5. The SMILES string of the molecule is Cl.O=C(NCCCCc1ccc([N+](=O)[O-])cc1)c1ccn(C2CCCNC2)n1. The van der Waals surface area contributed by atoms with Crippen LogP contribution in [0, 0.1) is 10.1 Å². The minimum atomic E-state index is -0.397. The number of halogens is 1. The van der Waals surface area contributed by atoms with Crippen LogP contribution < -0.4 is 10.6 Å². The number of piperidine rings is 1. The van der Waals surface area contributed by atoms with E-state index in [2.05, 4.69) is 15.7 Å². The standard InChI is InChI=1S/C19H25N5O3.ClH/c25-19(18-10-13-23(22-18)17-5-3-11-20-14-17)21-12-2-1-4-15-6-8-16(9-7-15)24(26)27;/h6-10,13,17,20H,1-5,11-12,14H2,(H,21,25);1H. The molecule has 1 aliphatic heterocycles. The molecule has 1 saturated heterocycles. The molecular weight excluding hydrogens is 382 g/mol.